The molecule has 0 saturated carbocycles. The van der Waals surface area contributed by atoms with Gasteiger partial charge in [0.15, 0.2) is 0 Å². The van der Waals surface area contributed by atoms with Crippen LogP contribution in [0.3, 0.4) is 0 Å². The van der Waals surface area contributed by atoms with Crippen LogP contribution in [-0.4, -0.2) is 24.5 Å². The van der Waals surface area contributed by atoms with Crippen LogP contribution in [0.2, 0.25) is 5.02 Å². The number of rotatable bonds is 2. The normalized spacial score (nSPS) is 13.0. The Bertz CT molecular complexity index is 936. The maximum atomic E-state index is 14.4. The Morgan fingerprint density at radius 2 is 2.24 bits per heavy atom. The van der Waals surface area contributed by atoms with Crippen molar-refractivity contribution < 1.29 is 4.39 Å². The lowest BCUT2D eigenvalue weighted by atomic mass is 10.2. The molecule has 0 aliphatic heterocycles. The van der Waals surface area contributed by atoms with E-state index in [1.807, 2.05) is 6.07 Å². The van der Waals surface area contributed by atoms with Crippen molar-refractivity contribution in [2.75, 3.05) is 0 Å². The largest absolute Gasteiger partial charge is 0.338 e. The quantitative estimate of drug-likeness (QED) is 0.612. The lowest BCUT2D eigenvalue weighted by Gasteiger charge is -1.98. The molecule has 4 rings (SSSR count). The van der Waals surface area contributed by atoms with Crippen LogP contribution in [0.15, 0.2) is 29.8 Å². The van der Waals surface area contributed by atoms with Gasteiger partial charge in [-0.25, -0.2) is 9.37 Å². The smallest absolute Gasteiger partial charge is 0.202 e. The summed E-state index contributed by atoms with van der Waals surface area (Å²) in [5, 5.41) is 6.67. The molecule has 1 atom stereocenters. The second kappa shape index (κ2) is 4.71. The highest BCUT2D eigenvalue weighted by Crippen LogP contribution is 2.29. The third kappa shape index (κ3) is 2.05. The van der Waals surface area contributed by atoms with Crippen molar-refractivity contribution in [1.29, 1.82) is 0 Å². The van der Waals surface area contributed by atoms with Gasteiger partial charge in [0.25, 0.3) is 0 Å². The molecule has 1 aromatic carbocycles. The minimum atomic E-state index is -1.44. The maximum absolute atomic E-state index is 14.4. The number of H-pyrrole nitrogens is 1. The Morgan fingerprint density at radius 1 is 1.33 bits per heavy atom. The number of imidazole rings is 1. The van der Waals surface area contributed by atoms with Gasteiger partial charge in [0, 0.05) is 15.8 Å². The highest BCUT2D eigenvalue weighted by molar-refractivity contribution is 7.03. The molecule has 4 aromatic rings. The van der Waals surface area contributed by atoms with Crippen molar-refractivity contribution in [2.45, 2.75) is 6.17 Å². The number of nitrogens with one attached hydrogen (secondary N) is 1. The summed E-state index contributed by atoms with van der Waals surface area (Å²) in [6.45, 7) is 0. The first-order valence-corrected chi connectivity index (χ1v) is 7.29. The van der Waals surface area contributed by atoms with Crippen LogP contribution in [0.25, 0.3) is 21.9 Å². The van der Waals surface area contributed by atoms with Crippen molar-refractivity contribution in [3.63, 3.8) is 0 Å². The van der Waals surface area contributed by atoms with Crippen LogP contribution < -0.4 is 0 Å². The first-order valence-electron chi connectivity index (χ1n) is 6.07. The van der Waals surface area contributed by atoms with Gasteiger partial charge >= 0.3 is 0 Å². The molecule has 104 valence electrons. The van der Waals surface area contributed by atoms with Crippen LogP contribution in [0.1, 0.15) is 17.7 Å². The number of nitrogens with zero attached hydrogens (tertiary/aromatic N) is 4. The zero-order chi connectivity index (χ0) is 14.4. The van der Waals surface area contributed by atoms with Gasteiger partial charge in [0.1, 0.15) is 11.5 Å². The minimum Gasteiger partial charge on any atom is -0.338 e. The average Bonchev–Trinajstić information content (AvgIpc) is 3.15. The monoisotopic (exact) mass is 319 g/mol. The van der Waals surface area contributed by atoms with Crippen molar-refractivity contribution >= 4 is 45.1 Å². The first kappa shape index (κ1) is 12.6. The number of halogens is 2. The number of hydrogen-bond acceptors (Lipinski definition) is 5. The van der Waals surface area contributed by atoms with Crippen molar-refractivity contribution in [3.05, 3.63) is 46.3 Å². The van der Waals surface area contributed by atoms with E-state index in [1.165, 1.54) is 0 Å². The van der Waals surface area contributed by atoms with Crippen LogP contribution in [0, 0.1) is 0 Å². The van der Waals surface area contributed by atoms with Gasteiger partial charge in [-0.1, -0.05) is 16.1 Å². The molecule has 0 amide bonds. The molecule has 8 heteroatoms. The molecule has 0 spiro atoms. The third-order valence-corrected chi connectivity index (χ3v) is 3.93. The van der Waals surface area contributed by atoms with Gasteiger partial charge in [-0.15, -0.1) is 5.10 Å². The number of pyridine rings is 1. The molecule has 0 saturated heterocycles. The fourth-order valence-electron chi connectivity index (χ4n) is 2.19. The van der Waals surface area contributed by atoms with Gasteiger partial charge in [-0.2, -0.15) is 0 Å². The van der Waals surface area contributed by atoms with Crippen molar-refractivity contribution in [2.24, 2.45) is 0 Å². The van der Waals surface area contributed by atoms with Crippen LogP contribution in [0.5, 0.6) is 0 Å². The maximum Gasteiger partial charge on any atom is 0.202 e. The Labute approximate surface area is 127 Å². The van der Waals surface area contributed by atoms with E-state index in [4.69, 9.17) is 11.6 Å². The van der Waals surface area contributed by atoms with E-state index < -0.39 is 6.17 Å². The predicted octanol–water partition coefficient (Wildman–Crippen LogP) is 3.67. The van der Waals surface area contributed by atoms with Crippen LogP contribution in [0.4, 0.5) is 4.39 Å². The minimum absolute atomic E-state index is 0.187. The zero-order valence-electron chi connectivity index (χ0n) is 10.4. The molecule has 0 fully saturated rings. The second-order valence-electron chi connectivity index (χ2n) is 4.50. The molecular weight excluding hydrogens is 313 g/mol. The van der Waals surface area contributed by atoms with E-state index in [0.29, 0.717) is 16.1 Å². The standard InChI is InChI=1S/C13H7ClFN5S/c14-6-1-2-8-7(3-6)12-9(4-16-8)17-13(18-12)11(15)10-5-21-20-19-10/h1-5,11H,(H,17,18). The fraction of sp³-hybridized carbons (Fsp3) is 0.0769. The lowest BCUT2D eigenvalue weighted by molar-refractivity contribution is 0.378. The van der Waals surface area contributed by atoms with Crippen LogP contribution in [-0.2, 0) is 0 Å². The molecule has 3 aromatic heterocycles. The summed E-state index contributed by atoms with van der Waals surface area (Å²) in [4.78, 5) is 11.6. The topological polar surface area (TPSA) is 67.3 Å². The molecule has 0 bridgehead atoms. The molecule has 0 aliphatic carbocycles. The molecule has 1 unspecified atom stereocenters. The summed E-state index contributed by atoms with van der Waals surface area (Å²) in [7, 11) is 0. The summed E-state index contributed by atoms with van der Waals surface area (Å²) in [6, 6.07) is 5.34. The molecule has 5 nitrogen and oxygen atoms in total. The Hall–Kier alpha value is -2.12. The number of alkyl halides is 1. The Balaban J connectivity index is 1.93. The molecule has 3 heterocycles. The fourth-order valence-corrected chi connectivity index (χ4v) is 2.83. The third-order valence-electron chi connectivity index (χ3n) is 3.17. The van der Waals surface area contributed by atoms with E-state index in [2.05, 4.69) is 24.5 Å². The highest BCUT2D eigenvalue weighted by Gasteiger charge is 2.20. The van der Waals surface area contributed by atoms with E-state index in [0.717, 1.165) is 22.4 Å². The summed E-state index contributed by atoms with van der Waals surface area (Å²) < 4.78 is 18.0. The molecular formula is C13H7ClFN5S. The van der Waals surface area contributed by atoms with Crippen molar-refractivity contribution in [1.82, 2.24) is 24.5 Å². The molecule has 1 N–H and O–H groups in total. The second-order valence-corrected chi connectivity index (χ2v) is 5.54. The SMILES string of the molecule is FC(c1csnn1)c1nc2c(cnc3ccc(Cl)cc32)[nH]1. The van der Waals surface area contributed by atoms with Gasteiger partial charge in [-0.05, 0) is 29.7 Å². The summed E-state index contributed by atoms with van der Waals surface area (Å²) in [6.07, 6.45) is 0.194. The first-order chi connectivity index (χ1) is 10.2. The average molecular weight is 320 g/mol. The highest BCUT2D eigenvalue weighted by atomic mass is 35.5. The number of aromatic nitrogens is 5. The van der Waals surface area contributed by atoms with Crippen LogP contribution >= 0.6 is 23.1 Å². The Morgan fingerprint density at radius 3 is 3.05 bits per heavy atom. The van der Waals surface area contributed by atoms with E-state index in [-0.39, 0.29) is 11.5 Å². The molecule has 21 heavy (non-hydrogen) atoms. The summed E-state index contributed by atoms with van der Waals surface area (Å²) >= 11 is 7.11. The molecule has 0 aliphatic rings. The van der Waals surface area contributed by atoms with Gasteiger partial charge in [0.2, 0.25) is 6.17 Å². The van der Waals surface area contributed by atoms with E-state index in [9.17, 15) is 4.39 Å². The number of hydrogen-bond donors (Lipinski definition) is 1. The lowest BCUT2D eigenvalue weighted by Crippen LogP contribution is -1.97. The number of fused-ring (bicyclic) bond motifs is 3. The predicted molar refractivity (Wildman–Crippen MR) is 79.3 cm³/mol. The summed E-state index contributed by atoms with van der Waals surface area (Å²) in [5.74, 6) is 0.187. The van der Waals surface area contributed by atoms with E-state index >= 15 is 0 Å². The zero-order valence-corrected chi connectivity index (χ0v) is 12.0. The summed E-state index contributed by atoms with van der Waals surface area (Å²) in [5.41, 5.74) is 2.30. The Kier molecular flexibility index (Phi) is 2.83. The van der Waals surface area contributed by atoms with Gasteiger partial charge < -0.3 is 4.98 Å². The van der Waals surface area contributed by atoms with Crippen molar-refractivity contribution in [3.8, 4) is 0 Å². The number of aromatic amines is 1. The number of benzene rings is 1. The van der Waals surface area contributed by atoms with Gasteiger partial charge in [0.05, 0.1) is 22.7 Å². The van der Waals surface area contributed by atoms with Gasteiger partial charge in [-0.3, -0.25) is 4.98 Å². The van der Waals surface area contributed by atoms with E-state index in [1.54, 1.807) is 23.7 Å². The molecule has 0 radical (unpaired) electrons.